The fraction of sp³-hybridized carbons (Fsp3) is 0.154. The van der Waals surface area contributed by atoms with Crippen molar-refractivity contribution in [2.45, 2.75) is 10.1 Å². The molecular formula is C13H11N3OS. The van der Waals surface area contributed by atoms with E-state index in [1.165, 1.54) is 5.01 Å². The zero-order valence-electron chi connectivity index (χ0n) is 9.56. The highest BCUT2D eigenvalue weighted by Gasteiger charge is 2.26. The third-order valence-corrected chi connectivity index (χ3v) is 4.23. The first kappa shape index (κ1) is 11.2. The highest BCUT2D eigenvalue weighted by Crippen LogP contribution is 2.45. The van der Waals surface area contributed by atoms with Crippen LogP contribution in [0.1, 0.15) is 10.8 Å². The molecule has 1 aliphatic rings. The Hall–Kier alpha value is -1.88. The molecule has 1 atom stereocenters. The molecule has 0 saturated carbocycles. The number of hydrogen-bond donors (Lipinski definition) is 0. The maximum Gasteiger partial charge on any atom is 0.0762 e. The van der Waals surface area contributed by atoms with E-state index in [9.17, 15) is 4.91 Å². The summed E-state index contributed by atoms with van der Waals surface area (Å²) < 4.78 is 0. The van der Waals surface area contributed by atoms with Crippen molar-refractivity contribution < 1.29 is 0 Å². The van der Waals surface area contributed by atoms with Gasteiger partial charge in [-0.1, -0.05) is 12.1 Å². The fourth-order valence-corrected chi connectivity index (χ4v) is 3.31. The number of para-hydroxylation sites is 1. The van der Waals surface area contributed by atoms with Crippen LogP contribution in [0, 0.1) is 4.91 Å². The van der Waals surface area contributed by atoms with Gasteiger partial charge in [-0.05, 0) is 29.8 Å². The first-order valence-corrected chi connectivity index (χ1v) is 6.53. The van der Waals surface area contributed by atoms with Crippen molar-refractivity contribution in [3.05, 3.63) is 59.3 Å². The molecule has 1 aliphatic heterocycles. The molecule has 4 nitrogen and oxygen atoms in total. The minimum Gasteiger partial charge on any atom is -0.265 e. The number of anilines is 1. The van der Waals surface area contributed by atoms with Gasteiger partial charge in [-0.3, -0.25) is 4.98 Å². The number of benzene rings is 1. The Kier molecular flexibility index (Phi) is 2.98. The average Bonchev–Trinajstić information content (AvgIpc) is 2.47. The molecule has 0 aliphatic carbocycles. The van der Waals surface area contributed by atoms with Gasteiger partial charge < -0.3 is 0 Å². The smallest absolute Gasteiger partial charge is 0.0762 e. The van der Waals surface area contributed by atoms with E-state index < -0.39 is 0 Å². The predicted molar refractivity (Wildman–Crippen MR) is 72.4 cm³/mol. The molecule has 0 amide bonds. The Bertz CT molecular complexity index is 561. The van der Waals surface area contributed by atoms with Crippen LogP contribution in [0.25, 0.3) is 0 Å². The van der Waals surface area contributed by atoms with Gasteiger partial charge in [0.2, 0.25) is 0 Å². The fourth-order valence-electron chi connectivity index (χ4n) is 2.04. The van der Waals surface area contributed by atoms with Crippen molar-refractivity contribution in [2.24, 2.45) is 5.29 Å². The van der Waals surface area contributed by atoms with E-state index in [1.54, 1.807) is 24.2 Å². The van der Waals surface area contributed by atoms with Gasteiger partial charge in [0.25, 0.3) is 0 Å². The Morgan fingerprint density at radius 3 is 2.78 bits per heavy atom. The number of nitroso groups, excluding NO2 is 1. The topological polar surface area (TPSA) is 45.6 Å². The highest BCUT2D eigenvalue weighted by molar-refractivity contribution is 7.99. The second-order valence-electron chi connectivity index (χ2n) is 4.02. The molecule has 0 bridgehead atoms. The molecule has 2 aromatic rings. The number of nitrogens with zero attached hydrogens (tertiary/aromatic N) is 3. The van der Waals surface area contributed by atoms with E-state index in [0.717, 1.165) is 16.1 Å². The Labute approximate surface area is 109 Å². The minimum absolute atomic E-state index is 0.209. The van der Waals surface area contributed by atoms with Crippen LogP contribution in [0.2, 0.25) is 0 Å². The van der Waals surface area contributed by atoms with Crippen molar-refractivity contribution in [1.29, 1.82) is 0 Å². The summed E-state index contributed by atoms with van der Waals surface area (Å²) in [6.45, 7) is 0.592. The van der Waals surface area contributed by atoms with Crippen molar-refractivity contribution in [3.8, 4) is 0 Å². The van der Waals surface area contributed by atoms with Gasteiger partial charge in [0, 0.05) is 17.3 Å². The number of aromatic nitrogens is 1. The third kappa shape index (κ3) is 1.97. The molecule has 0 N–H and O–H groups in total. The summed E-state index contributed by atoms with van der Waals surface area (Å²) in [5, 5.41) is 4.85. The van der Waals surface area contributed by atoms with E-state index in [2.05, 4.69) is 10.3 Å². The highest BCUT2D eigenvalue weighted by atomic mass is 32.2. The molecule has 2 heterocycles. The van der Waals surface area contributed by atoms with Crippen molar-refractivity contribution in [3.63, 3.8) is 0 Å². The lowest BCUT2D eigenvalue weighted by molar-refractivity contribution is 0.782. The molecule has 0 spiro atoms. The lowest BCUT2D eigenvalue weighted by Gasteiger charge is -2.30. The molecule has 1 aromatic heterocycles. The quantitative estimate of drug-likeness (QED) is 0.773. The largest absolute Gasteiger partial charge is 0.265 e. The number of hydrogen-bond acceptors (Lipinski definition) is 4. The molecular weight excluding hydrogens is 246 g/mol. The van der Waals surface area contributed by atoms with E-state index in [1.807, 2.05) is 36.4 Å². The summed E-state index contributed by atoms with van der Waals surface area (Å²) in [4.78, 5) is 16.1. The average molecular weight is 257 g/mol. The van der Waals surface area contributed by atoms with Crippen molar-refractivity contribution >= 4 is 17.4 Å². The zero-order chi connectivity index (χ0) is 12.4. The van der Waals surface area contributed by atoms with Crippen LogP contribution in [0.4, 0.5) is 5.69 Å². The van der Waals surface area contributed by atoms with Gasteiger partial charge in [-0.2, -0.15) is 0 Å². The lowest BCUT2D eigenvalue weighted by Crippen LogP contribution is -2.25. The first-order chi connectivity index (χ1) is 8.88. The van der Waals surface area contributed by atoms with Crippen LogP contribution < -0.4 is 5.01 Å². The molecule has 90 valence electrons. The summed E-state index contributed by atoms with van der Waals surface area (Å²) >= 11 is 1.76. The van der Waals surface area contributed by atoms with Crippen LogP contribution in [-0.4, -0.2) is 11.5 Å². The second kappa shape index (κ2) is 4.78. The van der Waals surface area contributed by atoms with Gasteiger partial charge in [-0.25, -0.2) is 5.01 Å². The van der Waals surface area contributed by atoms with Gasteiger partial charge in [0.15, 0.2) is 0 Å². The van der Waals surface area contributed by atoms with E-state index in [0.29, 0.717) is 6.54 Å². The molecule has 0 saturated heterocycles. The predicted octanol–water partition coefficient (Wildman–Crippen LogP) is 3.42. The summed E-state index contributed by atoms with van der Waals surface area (Å²) in [6.07, 6.45) is 3.55. The van der Waals surface area contributed by atoms with Gasteiger partial charge in [0.05, 0.1) is 22.8 Å². The van der Waals surface area contributed by atoms with Gasteiger partial charge >= 0.3 is 0 Å². The number of pyridine rings is 1. The molecule has 0 radical (unpaired) electrons. The van der Waals surface area contributed by atoms with Crippen LogP contribution >= 0.6 is 11.8 Å². The van der Waals surface area contributed by atoms with Gasteiger partial charge in [0.1, 0.15) is 0 Å². The van der Waals surface area contributed by atoms with Crippen LogP contribution in [-0.2, 0) is 0 Å². The standard InChI is InChI=1S/C13H11N3OS/c17-15-16-9-13(10-5-7-14-8-6-10)18-12-4-2-1-3-11(12)16/h1-8,13H,9H2. The van der Waals surface area contributed by atoms with E-state index >= 15 is 0 Å². The maximum absolute atomic E-state index is 11.0. The SMILES string of the molecule is O=NN1CC(c2ccncc2)Sc2ccccc21. The lowest BCUT2D eigenvalue weighted by atomic mass is 10.2. The van der Waals surface area contributed by atoms with Gasteiger partial charge in [-0.15, -0.1) is 16.7 Å². The molecule has 3 rings (SSSR count). The Morgan fingerprint density at radius 2 is 2.00 bits per heavy atom. The molecule has 1 unspecified atom stereocenters. The van der Waals surface area contributed by atoms with E-state index in [4.69, 9.17) is 0 Å². The molecule has 1 aromatic carbocycles. The molecule has 5 heteroatoms. The third-order valence-electron chi connectivity index (χ3n) is 2.93. The van der Waals surface area contributed by atoms with Crippen LogP contribution in [0.3, 0.4) is 0 Å². The Morgan fingerprint density at radius 1 is 1.22 bits per heavy atom. The molecule has 0 fully saturated rings. The number of fused-ring (bicyclic) bond motifs is 1. The monoisotopic (exact) mass is 257 g/mol. The summed E-state index contributed by atoms with van der Waals surface area (Å²) in [5.41, 5.74) is 2.06. The van der Waals surface area contributed by atoms with Crippen molar-refractivity contribution in [1.82, 2.24) is 4.98 Å². The van der Waals surface area contributed by atoms with Crippen molar-refractivity contribution in [2.75, 3.05) is 11.6 Å². The van der Waals surface area contributed by atoms with Crippen LogP contribution in [0.15, 0.2) is 59.0 Å². The summed E-state index contributed by atoms with van der Waals surface area (Å²) in [5.74, 6) is 0. The second-order valence-corrected chi connectivity index (χ2v) is 5.26. The van der Waals surface area contributed by atoms with Crippen LogP contribution in [0.5, 0.6) is 0 Å². The van der Waals surface area contributed by atoms with E-state index in [-0.39, 0.29) is 5.25 Å². The number of thioether (sulfide) groups is 1. The Balaban J connectivity index is 1.97. The first-order valence-electron chi connectivity index (χ1n) is 5.65. The zero-order valence-corrected chi connectivity index (χ0v) is 10.4. The summed E-state index contributed by atoms with van der Waals surface area (Å²) in [6, 6.07) is 11.8. The maximum atomic E-state index is 11.0. The number of rotatable bonds is 2. The summed E-state index contributed by atoms with van der Waals surface area (Å²) in [7, 11) is 0. The minimum atomic E-state index is 0.209. The molecule has 18 heavy (non-hydrogen) atoms. The normalized spacial score (nSPS) is 18.2.